The van der Waals surface area contributed by atoms with Crippen LogP contribution in [0.1, 0.15) is 13.8 Å². The Balaban J connectivity index is -0.000000150. The van der Waals surface area contributed by atoms with E-state index in [9.17, 15) is 0 Å². The zero-order chi connectivity index (χ0) is 22.8. The Kier molecular flexibility index (Phi) is 37.0. The van der Waals surface area contributed by atoms with Crippen LogP contribution in [0.25, 0.3) is 0 Å². The molecule has 0 aliphatic heterocycles. The molecule has 0 aliphatic rings. The van der Waals surface area contributed by atoms with Crippen LogP contribution in [0.2, 0.25) is 0 Å². The van der Waals surface area contributed by atoms with E-state index in [4.69, 9.17) is 50.4 Å². The number of carbonyl (C=O) groups is 2. The lowest BCUT2D eigenvalue weighted by molar-refractivity contribution is -0.135. The lowest BCUT2D eigenvalue weighted by Crippen LogP contribution is -2.32. The van der Waals surface area contributed by atoms with Crippen molar-refractivity contribution in [1.82, 2.24) is 9.80 Å². The quantitative estimate of drug-likeness (QED) is 0.157. The highest BCUT2D eigenvalue weighted by molar-refractivity contribution is 5.63. The highest BCUT2D eigenvalue weighted by Gasteiger charge is 2.01. The highest BCUT2D eigenvalue weighted by atomic mass is 16.4. The summed E-state index contributed by atoms with van der Waals surface area (Å²) in [6.45, 7) is 5.67. The fourth-order valence-electron chi connectivity index (χ4n) is 1.52. The third kappa shape index (κ3) is 49.7. The number of aliphatic carboxylic acids is 2. The zero-order valence-electron chi connectivity index (χ0n) is 16.8. The average Bonchev–Trinajstić information content (AvgIpc) is 2.56. The first kappa shape index (κ1) is 34.1. The van der Waals surface area contributed by atoms with Crippen molar-refractivity contribution < 1.29 is 50.4 Å². The first-order valence-corrected chi connectivity index (χ1v) is 8.65. The van der Waals surface area contributed by atoms with Gasteiger partial charge in [0.05, 0.1) is 39.6 Å². The maximum atomic E-state index is 9.00. The molecular formula is C16H38N2O10. The molecule has 0 bridgehead atoms. The molecule has 0 radical (unpaired) electrons. The molecule has 0 aromatic heterocycles. The van der Waals surface area contributed by atoms with E-state index in [1.54, 1.807) is 9.80 Å². The van der Waals surface area contributed by atoms with Gasteiger partial charge in [0, 0.05) is 53.1 Å². The molecule has 0 rings (SSSR count). The second-order valence-electron chi connectivity index (χ2n) is 5.06. The number of carboxylic acids is 2. The molecule has 0 saturated heterocycles. The van der Waals surface area contributed by atoms with Gasteiger partial charge in [0.1, 0.15) is 0 Å². The van der Waals surface area contributed by atoms with E-state index in [2.05, 4.69) is 0 Å². The van der Waals surface area contributed by atoms with Crippen LogP contribution in [0.3, 0.4) is 0 Å². The first-order valence-electron chi connectivity index (χ1n) is 8.65. The van der Waals surface area contributed by atoms with Gasteiger partial charge in [-0.05, 0) is 0 Å². The van der Waals surface area contributed by atoms with Crippen LogP contribution < -0.4 is 0 Å². The molecule has 172 valence electrons. The van der Waals surface area contributed by atoms with Crippen molar-refractivity contribution in [2.75, 3.05) is 78.9 Å². The summed E-state index contributed by atoms with van der Waals surface area (Å²) in [5.41, 5.74) is 0. The summed E-state index contributed by atoms with van der Waals surface area (Å²) < 4.78 is 0. The van der Waals surface area contributed by atoms with Crippen molar-refractivity contribution in [3.8, 4) is 0 Å². The maximum Gasteiger partial charge on any atom is 0.300 e. The molecule has 0 heterocycles. The molecule has 0 amide bonds. The van der Waals surface area contributed by atoms with Gasteiger partial charge in [-0.1, -0.05) is 0 Å². The van der Waals surface area contributed by atoms with Crippen molar-refractivity contribution in [2.45, 2.75) is 13.8 Å². The monoisotopic (exact) mass is 418 g/mol. The van der Waals surface area contributed by atoms with Gasteiger partial charge in [0.15, 0.2) is 0 Å². The Labute approximate surface area is 165 Å². The van der Waals surface area contributed by atoms with Crippen LogP contribution in [0.4, 0.5) is 0 Å². The molecule has 0 saturated carbocycles. The van der Waals surface area contributed by atoms with E-state index in [1.165, 1.54) is 0 Å². The molecule has 0 unspecified atom stereocenters. The van der Waals surface area contributed by atoms with Crippen LogP contribution in [0.15, 0.2) is 0 Å². The number of rotatable bonds is 12. The summed E-state index contributed by atoms with van der Waals surface area (Å²) in [5, 5.41) is 65.7. The molecule has 0 aliphatic carbocycles. The van der Waals surface area contributed by atoms with Gasteiger partial charge in [-0.15, -0.1) is 0 Å². The van der Waals surface area contributed by atoms with Crippen molar-refractivity contribution in [2.24, 2.45) is 0 Å². The standard InChI is InChI=1S/2C6H15NO3.2C2H4O2/c2*8-4-1-7(2-5-9)3-6-10;2*1-2(3)4/h2*8-10H,1-6H2;2*1H3,(H,3,4). The minimum absolute atomic E-state index is 0.0694. The SMILES string of the molecule is CC(=O)O.CC(=O)O.OCCN(CCO)CCO.OCCN(CCO)CCO. The number of carboxylic acid groups (broad SMARTS) is 2. The number of hydrogen-bond donors (Lipinski definition) is 8. The fraction of sp³-hybridized carbons (Fsp3) is 0.875. The van der Waals surface area contributed by atoms with E-state index in [-0.39, 0.29) is 39.6 Å². The molecule has 28 heavy (non-hydrogen) atoms. The van der Waals surface area contributed by atoms with Crippen molar-refractivity contribution >= 4 is 11.9 Å². The Bertz CT molecular complexity index is 255. The summed E-state index contributed by atoms with van der Waals surface area (Å²) in [4.78, 5) is 21.6. The molecule has 0 aromatic carbocycles. The Morgan fingerprint density at radius 2 is 0.607 bits per heavy atom. The van der Waals surface area contributed by atoms with E-state index < -0.39 is 11.9 Å². The molecule has 12 heteroatoms. The Hall–Kier alpha value is -1.38. The minimum atomic E-state index is -0.833. The van der Waals surface area contributed by atoms with E-state index >= 15 is 0 Å². The van der Waals surface area contributed by atoms with E-state index in [0.717, 1.165) is 13.8 Å². The molecule has 0 fully saturated rings. The summed E-state index contributed by atoms with van der Waals surface area (Å²) in [7, 11) is 0. The molecular weight excluding hydrogens is 380 g/mol. The number of hydrogen-bond acceptors (Lipinski definition) is 10. The van der Waals surface area contributed by atoms with Crippen molar-refractivity contribution in [3.63, 3.8) is 0 Å². The van der Waals surface area contributed by atoms with Gasteiger partial charge in [0.25, 0.3) is 11.9 Å². The number of aliphatic hydroxyl groups excluding tert-OH is 6. The number of aliphatic hydroxyl groups is 6. The normalized spacial score (nSPS) is 9.50. The van der Waals surface area contributed by atoms with Crippen LogP contribution in [-0.4, -0.2) is 142 Å². The maximum absolute atomic E-state index is 9.00. The predicted octanol–water partition coefficient (Wildman–Crippen LogP) is -3.29. The van der Waals surface area contributed by atoms with Gasteiger partial charge in [-0.25, -0.2) is 0 Å². The van der Waals surface area contributed by atoms with E-state index in [0.29, 0.717) is 39.3 Å². The third-order valence-corrected chi connectivity index (χ3v) is 2.50. The molecule has 8 N–H and O–H groups in total. The number of nitrogens with zero attached hydrogens (tertiary/aromatic N) is 2. The molecule has 0 spiro atoms. The van der Waals surface area contributed by atoms with Gasteiger partial charge < -0.3 is 40.9 Å². The van der Waals surface area contributed by atoms with Crippen LogP contribution in [0, 0.1) is 0 Å². The van der Waals surface area contributed by atoms with Crippen molar-refractivity contribution in [3.05, 3.63) is 0 Å². The summed E-state index contributed by atoms with van der Waals surface area (Å²) in [5.74, 6) is -1.67. The van der Waals surface area contributed by atoms with Crippen LogP contribution >= 0.6 is 0 Å². The van der Waals surface area contributed by atoms with Crippen LogP contribution in [-0.2, 0) is 9.59 Å². The largest absolute Gasteiger partial charge is 0.481 e. The predicted molar refractivity (Wildman–Crippen MR) is 102 cm³/mol. The van der Waals surface area contributed by atoms with Gasteiger partial charge in [-0.2, -0.15) is 0 Å². The van der Waals surface area contributed by atoms with Gasteiger partial charge in [-0.3, -0.25) is 19.4 Å². The summed E-state index contributed by atoms with van der Waals surface area (Å²) in [6.07, 6.45) is 0. The molecule has 0 atom stereocenters. The smallest absolute Gasteiger partial charge is 0.300 e. The fourth-order valence-corrected chi connectivity index (χ4v) is 1.52. The second kappa shape index (κ2) is 30.4. The topological polar surface area (TPSA) is 202 Å². The lowest BCUT2D eigenvalue weighted by atomic mass is 10.4. The summed E-state index contributed by atoms with van der Waals surface area (Å²) in [6, 6.07) is 0. The Morgan fingerprint density at radius 1 is 0.500 bits per heavy atom. The van der Waals surface area contributed by atoms with E-state index in [1.807, 2.05) is 0 Å². The zero-order valence-corrected chi connectivity index (χ0v) is 16.8. The lowest BCUT2D eigenvalue weighted by Gasteiger charge is -2.17. The van der Waals surface area contributed by atoms with Crippen molar-refractivity contribution in [1.29, 1.82) is 0 Å². The van der Waals surface area contributed by atoms with Gasteiger partial charge >= 0.3 is 0 Å². The minimum Gasteiger partial charge on any atom is -0.481 e. The second-order valence-corrected chi connectivity index (χ2v) is 5.06. The van der Waals surface area contributed by atoms with Gasteiger partial charge in [0.2, 0.25) is 0 Å². The van der Waals surface area contributed by atoms with Crippen LogP contribution in [0.5, 0.6) is 0 Å². The first-order chi connectivity index (χ1) is 13.2. The average molecular weight is 418 g/mol. The summed E-state index contributed by atoms with van der Waals surface area (Å²) >= 11 is 0. The molecule has 12 nitrogen and oxygen atoms in total. The third-order valence-electron chi connectivity index (χ3n) is 2.50. The highest BCUT2D eigenvalue weighted by Crippen LogP contribution is 1.84. The Morgan fingerprint density at radius 3 is 0.679 bits per heavy atom. The molecule has 0 aromatic rings.